The van der Waals surface area contributed by atoms with Crippen molar-refractivity contribution in [2.45, 2.75) is 70.0 Å². The molecule has 1 aromatic rings. The van der Waals surface area contributed by atoms with Gasteiger partial charge in [-0.05, 0) is 57.2 Å². The smallest absolute Gasteiger partial charge is 0.222 e. The van der Waals surface area contributed by atoms with Crippen LogP contribution in [0.4, 0.5) is 0 Å². The van der Waals surface area contributed by atoms with Crippen LogP contribution in [-0.2, 0) is 16.1 Å². The molecular formula is C25H38N4O2. The minimum Gasteiger partial charge on any atom is -0.340 e. The van der Waals surface area contributed by atoms with Gasteiger partial charge < -0.3 is 15.1 Å². The first kappa shape index (κ1) is 22.3. The molecule has 6 heteroatoms. The Labute approximate surface area is 187 Å². The van der Waals surface area contributed by atoms with E-state index in [9.17, 15) is 9.59 Å². The van der Waals surface area contributed by atoms with Crippen molar-refractivity contribution in [1.82, 2.24) is 20.0 Å². The van der Waals surface area contributed by atoms with E-state index < -0.39 is 0 Å². The van der Waals surface area contributed by atoms with Gasteiger partial charge >= 0.3 is 0 Å². The molecule has 4 fully saturated rings. The van der Waals surface area contributed by atoms with E-state index in [0.717, 1.165) is 97.2 Å². The Bertz CT molecular complexity index is 711. The summed E-state index contributed by atoms with van der Waals surface area (Å²) in [5, 5.41) is 3.32. The van der Waals surface area contributed by atoms with Crippen molar-refractivity contribution in [2.24, 2.45) is 0 Å². The minimum atomic E-state index is 0.376. The number of benzene rings is 1. The van der Waals surface area contributed by atoms with Crippen LogP contribution in [-0.4, -0.2) is 77.9 Å². The Morgan fingerprint density at radius 1 is 0.742 bits per heavy atom. The molecule has 0 aliphatic carbocycles. The Morgan fingerprint density at radius 3 is 1.81 bits per heavy atom. The van der Waals surface area contributed by atoms with Gasteiger partial charge in [-0.15, -0.1) is 0 Å². The summed E-state index contributed by atoms with van der Waals surface area (Å²) in [7, 11) is 0. The Morgan fingerprint density at radius 2 is 1.29 bits per heavy atom. The molecule has 4 heterocycles. The molecule has 4 aliphatic heterocycles. The highest BCUT2D eigenvalue weighted by Crippen LogP contribution is 2.23. The van der Waals surface area contributed by atoms with Crippen molar-refractivity contribution < 1.29 is 9.59 Å². The maximum Gasteiger partial charge on any atom is 0.222 e. The maximum absolute atomic E-state index is 11.8. The summed E-state index contributed by atoms with van der Waals surface area (Å²) in [4.78, 5) is 29.9. The van der Waals surface area contributed by atoms with Gasteiger partial charge in [-0.1, -0.05) is 30.3 Å². The molecular weight excluding hydrogens is 388 g/mol. The monoisotopic (exact) mass is 426 g/mol. The van der Waals surface area contributed by atoms with E-state index in [2.05, 4.69) is 50.3 Å². The van der Waals surface area contributed by atoms with Crippen molar-refractivity contribution in [3.63, 3.8) is 0 Å². The minimum absolute atomic E-state index is 0.376. The summed E-state index contributed by atoms with van der Waals surface area (Å²) in [6.07, 6.45) is 8.24. The van der Waals surface area contributed by atoms with Crippen LogP contribution >= 0.6 is 0 Å². The fourth-order valence-corrected chi connectivity index (χ4v) is 5.46. The van der Waals surface area contributed by atoms with Crippen LogP contribution in [0.1, 0.15) is 56.9 Å². The van der Waals surface area contributed by atoms with E-state index in [1.54, 1.807) is 0 Å². The van der Waals surface area contributed by atoms with Crippen molar-refractivity contribution in [3.05, 3.63) is 35.9 Å². The molecule has 1 N–H and O–H groups in total. The van der Waals surface area contributed by atoms with Gasteiger partial charge in [0, 0.05) is 57.6 Å². The normalized spacial score (nSPS) is 23.9. The summed E-state index contributed by atoms with van der Waals surface area (Å²) in [5.74, 6) is 0.753. The highest BCUT2D eigenvalue weighted by Gasteiger charge is 2.30. The number of rotatable bonds is 4. The Hall–Kier alpha value is -1.92. The zero-order valence-electron chi connectivity index (χ0n) is 18.8. The van der Waals surface area contributed by atoms with E-state index in [4.69, 9.17) is 0 Å². The molecule has 31 heavy (non-hydrogen) atoms. The molecule has 0 aromatic heterocycles. The van der Waals surface area contributed by atoms with E-state index >= 15 is 0 Å². The lowest BCUT2D eigenvalue weighted by Gasteiger charge is -2.36. The van der Waals surface area contributed by atoms with Crippen LogP contribution in [0.3, 0.4) is 0 Å². The first-order valence-electron chi connectivity index (χ1n) is 12.3. The number of likely N-dealkylation sites (tertiary alicyclic amines) is 3. The molecule has 0 spiro atoms. The largest absolute Gasteiger partial charge is 0.340 e. The third-order valence-electron chi connectivity index (χ3n) is 7.22. The number of piperidine rings is 2. The van der Waals surface area contributed by atoms with Gasteiger partial charge in [0.1, 0.15) is 0 Å². The standard InChI is InChI=1S/C16H22N2O.C9H16N2O/c19-16-7-4-10-18(16)15-8-11-17(12-9-15)13-14-5-2-1-3-6-14;12-9-2-1-7-11(9)8-3-5-10-6-4-8/h1-3,5-6,15H,4,7-13H2;8,10H,1-7H2. The van der Waals surface area contributed by atoms with Crippen LogP contribution in [0.15, 0.2) is 30.3 Å². The predicted molar refractivity (Wildman–Crippen MR) is 123 cm³/mol. The molecule has 4 saturated heterocycles. The number of carbonyl (C=O) groups is 2. The Kier molecular flexibility index (Phi) is 7.97. The first-order valence-corrected chi connectivity index (χ1v) is 12.3. The molecule has 0 atom stereocenters. The van der Waals surface area contributed by atoms with Gasteiger partial charge in [-0.25, -0.2) is 0 Å². The summed E-state index contributed by atoms with van der Waals surface area (Å²) in [5.41, 5.74) is 1.39. The molecule has 1 aromatic carbocycles. The number of hydrogen-bond donors (Lipinski definition) is 1. The third-order valence-corrected chi connectivity index (χ3v) is 7.22. The second-order valence-electron chi connectivity index (χ2n) is 9.36. The fraction of sp³-hybridized carbons (Fsp3) is 0.680. The summed E-state index contributed by atoms with van der Waals surface area (Å²) < 4.78 is 0. The van der Waals surface area contributed by atoms with Crippen LogP contribution < -0.4 is 5.32 Å². The molecule has 0 unspecified atom stereocenters. The van der Waals surface area contributed by atoms with Gasteiger partial charge in [0.2, 0.25) is 11.8 Å². The molecule has 170 valence electrons. The molecule has 2 amide bonds. The van der Waals surface area contributed by atoms with Crippen LogP contribution in [0.2, 0.25) is 0 Å². The summed E-state index contributed by atoms with van der Waals surface area (Å²) >= 11 is 0. The molecule has 4 aliphatic rings. The third kappa shape index (κ3) is 6.07. The van der Waals surface area contributed by atoms with E-state index in [1.807, 2.05) is 0 Å². The van der Waals surface area contributed by atoms with Crippen molar-refractivity contribution in [1.29, 1.82) is 0 Å². The van der Waals surface area contributed by atoms with Gasteiger partial charge in [0.25, 0.3) is 0 Å². The second kappa shape index (κ2) is 11.1. The SMILES string of the molecule is O=C1CCCN1C1CCN(Cc2ccccc2)CC1.O=C1CCCN1C1CCNCC1. The lowest BCUT2D eigenvalue weighted by molar-refractivity contribution is -0.131. The number of amides is 2. The van der Waals surface area contributed by atoms with E-state index in [1.165, 1.54) is 5.56 Å². The van der Waals surface area contributed by atoms with Crippen LogP contribution in [0.25, 0.3) is 0 Å². The fourth-order valence-electron chi connectivity index (χ4n) is 5.46. The average molecular weight is 427 g/mol. The molecule has 6 nitrogen and oxygen atoms in total. The predicted octanol–water partition coefficient (Wildman–Crippen LogP) is 2.63. The number of nitrogens with zero attached hydrogens (tertiary/aromatic N) is 3. The zero-order chi connectivity index (χ0) is 21.5. The second-order valence-corrected chi connectivity index (χ2v) is 9.36. The average Bonchev–Trinajstić information content (AvgIpc) is 3.44. The van der Waals surface area contributed by atoms with Gasteiger partial charge in [0.05, 0.1) is 0 Å². The highest BCUT2D eigenvalue weighted by atomic mass is 16.2. The number of carbonyl (C=O) groups excluding carboxylic acids is 2. The van der Waals surface area contributed by atoms with Crippen molar-refractivity contribution in [2.75, 3.05) is 39.3 Å². The van der Waals surface area contributed by atoms with Gasteiger partial charge in [-0.2, -0.15) is 0 Å². The number of hydrogen-bond acceptors (Lipinski definition) is 4. The quantitative estimate of drug-likeness (QED) is 0.804. The van der Waals surface area contributed by atoms with E-state index in [0.29, 0.717) is 23.9 Å². The van der Waals surface area contributed by atoms with Crippen molar-refractivity contribution in [3.8, 4) is 0 Å². The van der Waals surface area contributed by atoms with Gasteiger partial charge in [-0.3, -0.25) is 14.5 Å². The first-order chi connectivity index (χ1) is 15.2. The number of nitrogens with one attached hydrogen (secondary N) is 1. The molecule has 5 rings (SSSR count). The summed E-state index contributed by atoms with van der Waals surface area (Å²) in [6.45, 7) is 7.42. The topological polar surface area (TPSA) is 55.9 Å². The Balaban J connectivity index is 0.000000166. The zero-order valence-corrected chi connectivity index (χ0v) is 18.8. The molecule has 0 saturated carbocycles. The maximum atomic E-state index is 11.8. The highest BCUT2D eigenvalue weighted by molar-refractivity contribution is 5.78. The van der Waals surface area contributed by atoms with Gasteiger partial charge in [0.15, 0.2) is 0 Å². The van der Waals surface area contributed by atoms with Crippen LogP contribution in [0, 0.1) is 0 Å². The van der Waals surface area contributed by atoms with Crippen molar-refractivity contribution >= 4 is 11.8 Å². The summed E-state index contributed by atoms with van der Waals surface area (Å²) in [6, 6.07) is 11.7. The van der Waals surface area contributed by atoms with E-state index in [-0.39, 0.29) is 0 Å². The van der Waals surface area contributed by atoms with Crippen LogP contribution in [0.5, 0.6) is 0 Å². The lowest BCUT2D eigenvalue weighted by atomic mass is 10.0. The molecule has 0 radical (unpaired) electrons. The lowest BCUT2D eigenvalue weighted by Crippen LogP contribution is -2.45. The molecule has 0 bridgehead atoms.